The van der Waals surface area contributed by atoms with Gasteiger partial charge >= 0.3 is 31.1 Å². The molecule has 2 heterocycles. The minimum absolute atomic E-state index is 0.829. The van der Waals surface area contributed by atoms with E-state index in [4.69, 9.17) is 4.89 Å². The van der Waals surface area contributed by atoms with E-state index in [-0.39, 0.29) is 0 Å². The van der Waals surface area contributed by atoms with Crippen LogP contribution in [0, 0.1) is 0 Å². The minimum atomic E-state index is -4.87. The Labute approximate surface area is 83.2 Å². The van der Waals surface area contributed by atoms with Crippen LogP contribution in [-0.4, -0.2) is 11.6 Å². The van der Waals surface area contributed by atoms with Crippen LogP contribution in [0.25, 0.3) is 0 Å². The Morgan fingerprint density at radius 3 is 1.60 bits per heavy atom. The first-order valence-corrected chi connectivity index (χ1v) is 9.61. The highest BCUT2D eigenvalue weighted by Gasteiger charge is 2.63. The van der Waals surface area contributed by atoms with Crippen molar-refractivity contribution < 1.29 is 44.7 Å². The first-order chi connectivity index (χ1) is 6.54. The lowest BCUT2D eigenvalue weighted by Gasteiger charge is -2.34. The Hall–Kier alpha value is 0.680. The van der Waals surface area contributed by atoms with Crippen LogP contribution >= 0.6 is 31.1 Å². The van der Waals surface area contributed by atoms with Gasteiger partial charge in [0.25, 0.3) is 0 Å². The molecule has 2 aliphatic heterocycles. The van der Waals surface area contributed by atoms with E-state index in [9.17, 15) is 18.3 Å². The zero-order valence-corrected chi connectivity index (χ0v) is 10.5. The standard InChI is InChI=1S/CH4O10P4/c1-12(2)7-14(5)9-13(3,4)10-15(6,8-12)11-14/h1H3,(H,3,4). The van der Waals surface area contributed by atoms with E-state index >= 15 is 0 Å². The molecule has 2 aliphatic rings. The molecule has 0 radical (unpaired) electrons. The molecule has 0 spiro atoms. The molecule has 15 heavy (non-hydrogen) atoms. The lowest BCUT2D eigenvalue weighted by molar-refractivity contribution is 0.145. The van der Waals surface area contributed by atoms with Gasteiger partial charge in [0.05, 0.1) is 0 Å². The number of rotatable bonds is 0. The predicted octanol–water partition coefficient (Wildman–Crippen LogP) is 2.24. The summed E-state index contributed by atoms with van der Waals surface area (Å²) in [4.78, 5) is 8.82. The second-order valence-electron chi connectivity index (χ2n) is 2.54. The highest BCUT2D eigenvalue weighted by atomic mass is 31.4. The van der Waals surface area contributed by atoms with E-state index in [1.165, 1.54) is 0 Å². The van der Waals surface area contributed by atoms with Gasteiger partial charge in [-0.1, -0.05) is 0 Å². The van der Waals surface area contributed by atoms with Crippen molar-refractivity contribution in [3.63, 3.8) is 0 Å². The summed E-state index contributed by atoms with van der Waals surface area (Å²) in [6.45, 7) is 0.829. The highest BCUT2D eigenvalue weighted by molar-refractivity contribution is 7.83. The molecule has 88 valence electrons. The number of hydrogen-bond donors (Lipinski definition) is 1. The van der Waals surface area contributed by atoms with Gasteiger partial charge in [-0.25, -0.2) is 22.3 Å². The highest BCUT2D eigenvalue weighted by Crippen LogP contribution is 2.90. The van der Waals surface area contributed by atoms with E-state index in [2.05, 4.69) is 21.6 Å². The zero-order valence-electron chi connectivity index (χ0n) is 6.91. The van der Waals surface area contributed by atoms with Gasteiger partial charge in [-0.15, -0.1) is 0 Å². The van der Waals surface area contributed by atoms with Crippen molar-refractivity contribution >= 4 is 31.1 Å². The smallest absolute Gasteiger partial charge is 0.302 e. The predicted molar refractivity (Wildman–Crippen MR) is 44.0 cm³/mol. The monoisotopic (exact) mass is 300 g/mol. The summed E-state index contributed by atoms with van der Waals surface area (Å²) in [6.07, 6.45) is 0. The van der Waals surface area contributed by atoms with Crippen LogP contribution in [0.15, 0.2) is 0 Å². The Kier molecular flexibility index (Phi) is 2.53. The summed E-state index contributed by atoms with van der Waals surface area (Å²) in [7, 11) is -18.2. The molecular weight excluding hydrogens is 296 g/mol. The van der Waals surface area contributed by atoms with Gasteiger partial charge in [-0.05, 0) is 0 Å². The van der Waals surface area contributed by atoms with E-state index in [0.717, 1.165) is 6.66 Å². The van der Waals surface area contributed by atoms with Crippen LogP contribution in [0.2, 0.25) is 0 Å². The second kappa shape index (κ2) is 3.12. The van der Waals surface area contributed by atoms with Crippen LogP contribution in [0.3, 0.4) is 0 Å². The Bertz CT molecular complexity index is 399. The number of phosphoric acid groups is 3. The fourth-order valence-electron chi connectivity index (χ4n) is 0.858. The Morgan fingerprint density at radius 1 is 0.800 bits per heavy atom. The van der Waals surface area contributed by atoms with Crippen LogP contribution in [0.5, 0.6) is 0 Å². The molecule has 2 fully saturated rings. The van der Waals surface area contributed by atoms with Gasteiger partial charge in [0, 0.05) is 6.66 Å². The quantitative estimate of drug-likeness (QED) is 0.663. The van der Waals surface area contributed by atoms with Gasteiger partial charge < -0.3 is 4.89 Å². The normalized spacial score (nSPS) is 60.1. The molecule has 0 aromatic carbocycles. The Morgan fingerprint density at radius 2 is 1.20 bits per heavy atom. The van der Waals surface area contributed by atoms with Gasteiger partial charge in [-0.2, -0.15) is 12.9 Å². The molecule has 10 nitrogen and oxygen atoms in total. The van der Waals surface area contributed by atoms with E-state index < -0.39 is 31.1 Å². The van der Waals surface area contributed by atoms with Crippen molar-refractivity contribution in [3.05, 3.63) is 0 Å². The maximum absolute atomic E-state index is 11.4. The minimum Gasteiger partial charge on any atom is -0.302 e. The molecule has 2 bridgehead atoms. The summed E-state index contributed by atoms with van der Waals surface area (Å²) >= 11 is 0. The maximum Gasteiger partial charge on any atom is 0.499 e. The van der Waals surface area contributed by atoms with Crippen LogP contribution in [-0.2, 0) is 39.8 Å². The fraction of sp³-hybridized carbons (Fsp3) is 1.00. The maximum atomic E-state index is 11.4. The summed E-state index contributed by atoms with van der Waals surface area (Å²) in [5.41, 5.74) is 0. The molecule has 0 aromatic rings. The van der Waals surface area contributed by atoms with Gasteiger partial charge in [0.2, 0.25) is 0 Å². The number of hydrogen-bond acceptors (Lipinski definition) is 9. The molecule has 2 unspecified atom stereocenters. The molecule has 0 amide bonds. The van der Waals surface area contributed by atoms with Crippen molar-refractivity contribution in [3.8, 4) is 0 Å². The van der Waals surface area contributed by atoms with Crippen molar-refractivity contribution in [2.24, 2.45) is 0 Å². The third-order valence-corrected chi connectivity index (χ3v) is 9.93. The van der Waals surface area contributed by atoms with E-state index in [1.807, 2.05) is 0 Å². The Balaban J connectivity index is 2.51. The second-order valence-corrected chi connectivity index (χ2v) is 10.1. The lowest BCUT2D eigenvalue weighted by atomic mass is 12.0. The molecule has 2 rings (SSSR count). The summed E-state index contributed by atoms with van der Waals surface area (Å²) in [5.74, 6) is 0. The van der Waals surface area contributed by atoms with Gasteiger partial charge in [0.15, 0.2) is 0 Å². The first-order valence-electron chi connectivity index (χ1n) is 3.20. The molecular formula is CH4O10P4. The third kappa shape index (κ3) is 2.51. The summed E-state index contributed by atoms with van der Waals surface area (Å²) in [5, 5.41) is 0. The summed E-state index contributed by atoms with van der Waals surface area (Å²) < 4.78 is 65.3. The molecule has 0 saturated carbocycles. The third-order valence-electron chi connectivity index (χ3n) is 1.10. The molecule has 0 aliphatic carbocycles. The molecule has 0 aromatic heterocycles. The molecule has 1 N–H and O–H groups in total. The SMILES string of the molecule is CP1(=O)OP2(=O)OP(=O)(O)OP(=O)(O1)O2. The van der Waals surface area contributed by atoms with Crippen LogP contribution < -0.4 is 0 Å². The van der Waals surface area contributed by atoms with Crippen molar-refractivity contribution in [2.75, 3.05) is 6.66 Å². The van der Waals surface area contributed by atoms with Crippen molar-refractivity contribution in [2.45, 2.75) is 0 Å². The van der Waals surface area contributed by atoms with Gasteiger partial charge in [-0.3, -0.25) is 4.57 Å². The molecule has 2 atom stereocenters. The number of fused-ring (bicyclic) bond motifs is 2. The zero-order chi connectivity index (χ0) is 11.5. The molecule has 14 heteroatoms. The lowest BCUT2D eigenvalue weighted by Crippen LogP contribution is -2.12. The van der Waals surface area contributed by atoms with Gasteiger partial charge in [0.1, 0.15) is 0 Å². The van der Waals surface area contributed by atoms with Crippen molar-refractivity contribution in [1.82, 2.24) is 0 Å². The summed E-state index contributed by atoms with van der Waals surface area (Å²) in [6, 6.07) is 0. The van der Waals surface area contributed by atoms with E-state index in [1.54, 1.807) is 0 Å². The van der Waals surface area contributed by atoms with Crippen molar-refractivity contribution in [1.29, 1.82) is 0 Å². The van der Waals surface area contributed by atoms with Crippen LogP contribution in [0.4, 0.5) is 0 Å². The largest absolute Gasteiger partial charge is 0.499 e. The first kappa shape index (κ1) is 12.1. The van der Waals surface area contributed by atoms with Crippen LogP contribution in [0.1, 0.15) is 0 Å². The fourth-order valence-corrected chi connectivity index (χ4v) is 9.87. The average Bonchev–Trinajstić information content (AvgIpc) is 1.67. The topological polar surface area (TPSA) is 135 Å². The van der Waals surface area contributed by atoms with E-state index in [0.29, 0.717) is 0 Å². The average molecular weight is 300 g/mol. The molecule has 2 saturated heterocycles.